The highest BCUT2D eigenvalue weighted by atomic mass is 32.2. The number of anilines is 1. The van der Waals surface area contributed by atoms with Crippen LogP contribution in [0.3, 0.4) is 0 Å². The maximum atomic E-state index is 8.59. The molecule has 0 atom stereocenters. The van der Waals surface area contributed by atoms with Crippen LogP contribution in [0.15, 0.2) is 23.1 Å². The number of H-pyrrole nitrogens is 1. The van der Waals surface area contributed by atoms with E-state index < -0.39 is 0 Å². The molecule has 1 heterocycles. The topological polar surface area (TPSA) is 64.5 Å². The van der Waals surface area contributed by atoms with Crippen molar-refractivity contribution in [3.8, 4) is 6.19 Å². The summed E-state index contributed by atoms with van der Waals surface area (Å²) in [4.78, 5) is 8.70. The largest absolute Gasteiger partial charge is 0.323 e. The highest BCUT2D eigenvalue weighted by Gasteiger charge is 2.15. The van der Waals surface area contributed by atoms with Gasteiger partial charge in [-0.1, -0.05) is 19.3 Å². The van der Waals surface area contributed by atoms with Crippen molar-refractivity contribution in [1.82, 2.24) is 9.97 Å². The lowest BCUT2D eigenvalue weighted by molar-refractivity contribution is 0.516. The Morgan fingerprint density at radius 1 is 1.32 bits per heavy atom. The monoisotopic (exact) mass is 272 g/mol. The Morgan fingerprint density at radius 3 is 2.95 bits per heavy atom. The summed E-state index contributed by atoms with van der Waals surface area (Å²) < 4.78 is 0. The lowest BCUT2D eigenvalue weighted by atomic mass is 10.0. The number of hydrogen-bond donors (Lipinski definition) is 2. The van der Waals surface area contributed by atoms with Crippen LogP contribution in [-0.4, -0.2) is 15.2 Å². The van der Waals surface area contributed by atoms with E-state index in [0.29, 0.717) is 5.95 Å². The molecule has 98 valence electrons. The highest BCUT2D eigenvalue weighted by molar-refractivity contribution is 8.00. The number of nitrogens with zero attached hydrogens (tertiary/aromatic N) is 2. The zero-order valence-corrected chi connectivity index (χ0v) is 11.5. The van der Waals surface area contributed by atoms with Gasteiger partial charge in [-0.15, -0.1) is 11.8 Å². The minimum Gasteiger partial charge on any atom is -0.323 e. The molecule has 2 N–H and O–H groups in total. The average Bonchev–Trinajstić information content (AvgIpc) is 2.82. The van der Waals surface area contributed by atoms with Gasteiger partial charge >= 0.3 is 0 Å². The zero-order chi connectivity index (χ0) is 13.1. The summed E-state index contributed by atoms with van der Waals surface area (Å²) >= 11 is 1.96. The van der Waals surface area contributed by atoms with Crippen LogP contribution in [0.4, 0.5) is 5.95 Å². The fourth-order valence-electron chi connectivity index (χ4n) is 2.55. The van der Waals surface area contributed by atoms with E-state index in [0.717, 1.165) is 16.3 Å². The third-order valence-corrected chi connectivity index (χ3v) is 4.81. The van der Waals surface area contributed by atoms with Crippen molar-refractivity contribution < 1.29 is 0 Å². The molecule has 1 aromatic carbocycles. The lowest BCUT2D eigenvalue weighted by Crippen LogP contribution is -2.07. The molecule has 3 rings (SSSR count). The number of benzene rings is 1. The van der Waals surface area contributed by atoms with Gasteiger partial charge in [-0.2, -0.15) is 5.26 Å². The van der Waals surface area contributed by atoms with Crippen molar-refractivity contribution in [3.63, 3.8) is 0 Å². The van der Waals surface area contributed by atoms with Gasteiger partial charge in [-0.3, -0.25) is 5.32 Å². The van der Waals surface area contributed by atoms with Gasteiger partial charge in [-0.25, -0.2) is 4.98 Å². The van der Waals surface area contributed by atoms with Gasteiger partial charge in [-0.05, 0) is 31.0 Å². The zero-order valence-electron chi connectivity index (χ0n) is 10.6. The fourth-order valence-corrected chi connectivity index (χ4v) is 3.83. The second kappa shape index (κ2) is 5.54. The Hall–Kier alpha value is -1.67. The number of rotatable bonds is 3. The molecule has 0 aliphatic heterocycles. The highest BCUT2D eigenvalue weighted by Crippen LogP contribution is 2.34. The van der Waals surface area contributed by atoms with Crippen LogP contribution in [0.25, 0.3) is 11.0 Å². The molecule has 1 aromatic heterocycles. The minimum absolute atomic E-state index is 0.511. The van der Waals surface area contributed by atoms with Crippen LogP contribution in [-0.2, 0) is 0 Å². The molecule has 1 aliphatic carbocycles. The van der Waals surface area contributed by atoms with Crippen LogP contribution in [0, 0.1) is 11.5 Å². The Morgan fingerprint density at radius 2 is 2.16 bits per heavy atom. The van der Waals surface area contributed by atoms with E-state index in [1.165, 1.54) is 37.0 Å². The molecule has 19 heavy (non-hydrogen) atoms. The molecular formula is C14H16N4S. The van der Waals surface area contributed by atoms with Gasteiger partial charge in [0.1, 0.15) is 0 Å². The second-order valence-corrected chi connectivity index (χ2v) is 6.25. The molecule has 0 unspecified atom stereocenters. The molecule has 0 amide bonds. The number of hydrogen-bond acceptors (Lipinski definition) is 4. The van der Waals surface area contributed by atoms with Gasteiger partial charge < -0.3 is 4.98 Å². The summed E-state index contributed by atoms with van der Waals surface area (Å²) in [6.07, 6.45) is 8.63. The first-order valence-electron chi connectivity index (χ1n) is 6.67. The number of aromatic nitrogens is 2. The lowest BCUT2D eigenvalue weighted by Gasteiger charge is -2.20. The van der Waals surface area contributed by atoms with E-state index in [9.17, 15) is 0 Å². The van der Waals surface area contributed by atoms with Crippen molar-refractivity contribution in [1.29, 1.82) is 5.26 Å². The standard InChI is InChI=1S/C14H16N4S/c15-9-16-14-17-12-7-6-11(8-13(12)18-14)19-10-4-2-1-3-5-10/h6-8,10H,1-5H2,(H2,16,17,18). The van der Waals surface area contributed by atoms with Crippen LogP contribution in [0.2, 0.25) is 0 Å². The van der Waals surface area contributed by atoms with Crippen LogP contribution in [0.5, 0.6) is 0 Å². The SMILES string of the molecule is N#CNc1nc2cc(SC3CCCCC3)ccc2[nH]1. The van der Waals surface area contributed by atoms with Crippen molar-refractivity contribution in [3.05, 3.63) is 18.2 Å². The minimum atomic E-state index is 0.511. The Labute approximate surface area is 116 Å². The second-order valence-electron chi connectivity index (χ2n) is 4.88. The predicted octanol–water partition coefficient (Wildman–Crippen LogP) is 3.88. The van der Waals surface area contributed by atoms with E-state index >= 15 is 0 Å². The molecule has 1 fully saturated rings. The molecule has 0 radical (unpaired) electrons. The van der Waals surface area contributed by atoms with Crippen LogP contribution < -0.4 is 5.32 Å². The summed E-state index contributed by atoms with van der Waals surface area (Å²) in [5.41, 5.74) is 1.88. The van der Waals surface area contributed by atoms with Crippen molar-refractivity contribution in [2.45, 2.75) is 42.2 Å². The Kier molecular flexibility index (Phi) is 3.60. The van der Waals surface area contributed by atoms with E-state index in [-0.39, 0.29) is 0 Å². The van der Waals surface area contributed by atoms with Crippen molar-refractivity contribution >= 4 is 28.7 Å². The summed E-state index contributed by atoms with van der Waals surface area (Å²) in [7, 11) is 0. The number of nitriles is 1. The molecule has 4 nitrogen and oxygen atoms in total. The maximum absolute atomic E-state index is 8.59. The molecular weight excluding hydrogens is 256 g/mol. The smallest absolute Gasteiger partial charge is 0.214 e. The predicted molar refractivity (Wildman–Crippen MR) is 78.1 cm³/mol. The molecule has 1 saturated carbocycles. The molecule has 0 bridgehead atoms. The summed E-state index contributed by atoms with van der Waals surface area (Å²) in [6.45, 7) is 0. The first-order chi connectivity index (χ1) is 9.35. The number of fused-ring (bicyclic) bond motifs is 1. The maximum Gasteiger partial charge on any atom is 0.214 e. The fraction of sp³-hybridized carbons (Fsp3) is 0.429. The van der Waals surface area contributed by atoms with E-state index in [1.807, 2.05) is 24.0 Å². The molecule has 2 aromatic rings. The van der Waals surface area contributed by atoms with Gasteiger partial charge in [0.15, 0.2) is 6.19 Å². The quantitative estimate of drug-likeness (QED) is 0.657. The summed E-state index contributed by atoms with van der Waals surface area (Å²) in [6, 6.07) is 6.28. The number of thioether (sulfide) groups is 1. The van der Waals surface area contributed by atoms with Gasteiger partial charge in [0, 0.05) is 10.1 Å². The van der Waals surface area contributed by atoms with Crippen LogP contribution in [0.1, 0.15) is 32.1 Å². The van der Waals surface area contributed by atoms with Crippen molar-refractivity contribution in [2.24, 2.45) is 0 Å². The Bertz CT molecular complexity index is 607. The van der Waals surface area contributed by atoms with Crippen LogP contribution >= 0.6 is 11.8 Å². The van der Waals surface area contributed by atoms with Crippen molar-refractivity contribution in [2.75, 3.05) is 5.32 Å². The van der Waals surface area contributed by atoms with E-state index in [2.05, 4.69) is 27.4 Å². The first-order valence-corrected chi connectivity index (χ1v) is 7.54. The third kappa shape index (κ3) is 2.85. The van der Waals surface area contributed by atoms with E-state index in [4.69, 9.17) is 5.26 Å². The number of aromatic amines is 1. The summed E-state index contributed by atoms with van der Waals surface area (Å²) in [5.74, 6) is 0.511. The molecule has 5 heteroatoms. The number of imidazole rings is 1. The Balaban J connectivity index is 1.78. The molecule has 1 aliphatic rings. The van der Waals surface area contributed by atoms with E-state index in [1.54, 1.807) is 0 Å². The normalized spacial score (nSPS) is 16.4. The first kappa shape index (κ1) is 12.4. The van der Waals surface area contributed by atoms with Gasteiger partial charge in [0.25, 0.3) is 0 Å². The molecule has 0 spiro atoms. The van der Waals surface area contributed by atoms with Gasteiger partial charge in [0.05, 0.1) is 11.0 Å². The number of nitrogens with one attached hydrogen (secondary N) is 2. The summed E-state index contributed by atoms with van der Waals surface area (Å²) in [5, 5.41) is 11.9. The average molecular weight is 272 g/mol. The third-order valence-electron chi connectivity index (χ3n) is 3.48. The molecule has 0 saturated heterocycles. The van der Waals surface area contributed by atoms with Gasteiger partial charge in [0.2, 0.25) is 5.95 Å².